The maximum Gasteiger partial charge on any atom is 0.287 e. The second-order valence-corrected chi connectivity index (χ2v) is 6.57. The molecule has 1 unspecified atom stereocenters. The lowest BCUT2D eigenvalue weighted by Crippen LogP contribution is -2.45. The number of hydrogen-bond donors (Lipinski definition) is 2. The minimum Gasteiger partial charge on any atom is -0.451 e. The summed E-state index contributed by atoms with van der Waals surface area (Å²) in [5.41, 5.74) is 1.55. The fourth-order valence-electron chi connectivity index (χ4n) is 3.03. The van der Waals surface area contributed by atoms with Gasteiger partial charge in [0.05, 0.1) is 0 Å². The molecule has 0 bridgehead atoms. The predicted molar refractivity (Wildman–Crippen MR) is 110 cm³/mol. The average Bonchev–Trinajstić information content (AvgIpc) is 3.19. The molecular formula is C23H19N3O3. The molecule has 0 saturated carbocycles. The Morgan fingerprint density at radius 1 is 0.931 bits per heavy atom. The molecule has 2 N–H and O–H groups in total. The molecule has 2 aromatic carbocycles. The lowest BCUT2D eigenvalue weighted by molar-refractivity contribution is -0.118. The van der Waals surface area contributed by atoms with Crippen molar-refractivity contribution in [3.05, 3.63) is 96.4 Å². The van der Waals surface area contributed by atoms with Crippen LogP contribution in [0.15, 0.2) is 89.5 Å². The largest absolute Gasteiger partial charge is 0.451 e. The van der Waals surface area contributed by atoms with Crippen molar-refractivity contribution in [3.63, 3.8) is 0 Å². The fraction of sp³-hybridized carbons (Fsp3) is 0.0870. The zero-order valence-electron chi connectivity index (χ0n) is 15.5. The third-order valence-electron chi connectivity index (χ3n) is 4.47. The minimum absolute atomic E-state index is 0.162. The summed E-state index contributed by atoms with van der Waals surface area (Å²) in [4.78, 5) is 29.7. The number of furan rings is 1. The average molecular weight is 385 g/mol. The van der Waals surface area contributed by atoms with Crippen LogP contribution < -0.4 is 10.6 Å². The summed E-state index contributed by atoms with van der Waals surface area (Å²) < 4.78 is 5.62. The fourth-order valence-corrected chi connectivity index (χ4v) is 3.03. The van der Waals surface area contributed by atoms with Crippen LogP contribution in [0.25, 0.3) is 11.0 Å². The summed E-state index contributed by atoms with van der Waals surface area (Å²) in [5.74, 6) is -0.209. The van der Waals surface area contributed by atoms with E-state index in [-0.39, 0.29) is 11.7 Å². The van der Waals surface area contributed by atoms with Crippen LogP contribution in [0.1, 0.15) is 16.1 Å². The summed E-state index contributed by atoms with van der Waals surface area (Å²) in [5, 5.41) is 6.37. The van der Waals surface area contributed by atoms with Crippen LogP contribution in [0.2, 0.25) is 0 Å². The Morgan fingerprint density at radius 2 is 1.69 bits per heavy atom. The first-order valence-corrected chi connectivity index (χ1v) is 9.24. The van der Waals surface area contributed by atoms with Gasteiger partial charge in [-0.2, -0.15) is 0 Å². The van der Waals surface area contributed by atoms with Gasteiger partial charge in [0, 0.05) is 18.0 Å². The number of rotatable bonds is 6. The summed E-state index contributed by atoms with van der Waals surface area (Å²) in [6, 6.07) is 23.0. The topological polar surface area (TPSA) is 84.2 Å². The maximum absolute atomic E-state index is 12.9. The van der Waals surface area contributed by atoms with E-state index < -0.39 is 11.9 Å². The van der Waals surface area contributed by atoms with Gasteiger partial charge >= 0.3 is 0 Å². The molecule has 2 heterocycles. The van der Waals surface area contributed by atoms with Crippen molar-refractivity contribution in [2.24, 2.45) is 0 Å². The number of carbonyl (C=O) groups excluding carboxylic acids is 2. The first-order valence-electron chi connectivity index (χ1n) is 9.24. The molecule has 0 radical (unpaired) electrons. The lowest BCUT2D eigenvalue weighted by atomic mass is 10.0. The Morgan fingerprint density at radius 3 is 2.45 bits per heavy atom. The summed E-state index contributed by atoms with van der Waals surface area (Å²) in [6.07, 6.45) is 1.93. The van der Waals surface area contributed by atoms with Gasteiger partial charge in [0.2, 0.25) is 5.91 Å². The van der Waals surface area contributed by atoms with Crippen molar-refractivity contribution in [3.8, 4) is 0 Å². The number of aromatic nitrogens is 1. The van der Waals surface area contributed by atoms with Crippen LogP contribution in [0.3, 0.4) is 0 Å². The van der Waals surface area contributed by atoms with E-state index in [1.54, 1.807) is 36.5 Å². The normalized spacial score (nSPS) is 11.7. The van der Waals surface area contributed by atoms with Gasteiger partial charge in [-0.05, 0) is 29.8 Å². The summed E-state index contributed by atoms with van der Waals surface area (Å²) >= 11 is 0. The Kier molecular flexibility index (Phi) is 5.33. The number of fused-ring (bicyclic) bond motifs is 1. The molecular weight excluding hydrogens is 366 g/mol. The molecule has 4 aromatic rings. The predicted octanol–water partition coefficient (Wildman–Crippen LogP) is 3.81. The van der Waals surface area contributed by atoms with Crippen LogP contribution in [0.4, 0.5) is 5.82 Å². The van der Waals surface area contributed by atoms with Gasteiger partial charge in [-0.25, -0.2) is 4.98 Å². The number of carbonyl (C=O) groups is 2. The molecule has 4 rings (SSSR count). The highest BCUT2D eigenvalue weighted by atomic mass is 16.3. The molecule has 0 aliphatic heterocycles. The van der Waals surface area contributed by atoms with Crippen molar-refractivity contribution >= 4 is 28.6 Å². The Bertz CT molecular complexity index is 1090. The van der Waals surface area contributed by atoms with E-state index in [2.05, 4.69) is 15.6 Å². The van der Waals surface area contributed by atoms with Crippen molar-refractivity contribution in [1.82, 2.24) is 10.3 Å². The molecule has 144 valence electrons. The Hall–Kier alpha value is -3.93. The summed E-state index contributed by atoms with van der Waals surface area (Å²) in [6.45, 7) is 0. The van der Waals surface area contributed by atoms with Crippen molar-refractivity contribution < 1.29 is 14.0 Å². The number of amides is 2. The standard InChI is InChI=1S/C23H19N3O3/c27-22(26-21-12-6-7-13-24-21)18(14-16-8-2-1-3-9-16)25-23(28)20-15-17-10-4-5-11-19(17)29-20/h1-13,15,18H,14H2,(H,25,28)(H,24,26,27). The van der Waals surface area contributed by atoms with Crippen molar-refractivity contribution in [1.29, 1.82) is 0 Å². The molecule has 6 nitrogen and oxygen atoms in total. The molecule has 2 aromatic heterocycles. The summed E-state index contributed by atoms with van der Waals surface area (Å²) in [7, 11) is 0. The molecule has 1 atom stereocenters. The van der Waals surface area contributed by atoms with Crippen molar-refractivity contribution in [2.45, 2.75) is 12.5 Å². The van der Waals surface area contributed by atoms with Gasteiger partial charge in [0.15, 0.2) is 5.76 Å². The number of pyridine rings is 1. The number of hydrogen-bond acceptors (Lipinski definition) is 4. The zero-order valence-corrected chi connectivity index (χ0v) is 15.5. The molecule has 0 aliphatic carbocycles. The molecule has 6 heteroatoms. The molecule has 0 aliphatic rings. The van der Waals surface area contributed by atoms with E-state index in [0.29, 0.717) is 17.8 Å². The van der Waals surface area contributed by atoms with E-state index in [1.165, 1.54) is 0 Å². The first-order chi connectivity index (χ1) is 14.2. The van der Waals surface area contributed by atoms with E-state index in [0.717, 1.165) is 10.9 Å². The van der Waals surface area contributed by atoms with Gasteiger partial charge in [-0.3, -0.25) is 9.59 Å². The van der Waals surface area contributed by atoms with Gasteiger partial charge in [-0.1, -0.05) is 54.6 Å². The van der Waals surface area contributed by atoms with Crippen molar-refractivity contribution in [2.75, 3.05) is 5.32 Å². The number of nitrogens with one attached hydrogen (secondary N) is 2. The van der Waals surface area contributed by atoms with E-state index in [1.807, 2.05) is 48.5 Å². The zero-order chi connectivity index (χ0) is 20.1. The van der Waals surface area contributed by atoms with Gasteiger partial charge in [0.25, 0.3) is 5.91 Å². The van der Waals surface area contributed by atoms with Gasteiger partial charge in [-0.15, -0.1) is 0 Å². The number of benzene rings is 2. The Labute approximate surface area is 167 Å². The third kappa shape index (κ3) is 4.50. The highest BCUT2D eigenvalue weighted by Gasteiger charge is 2.24. The smallest absolute Gasteiger partial charge is 0.287 e. The van der Waals surface area contributed by atoms with Gasteiger partial charge in [0.1, 0.15) is 17.4 Å². The lowest BCUT2D eigenvalue weighted by Gasteiger charge is -2.18. The quantitative estimate of drug-likeness (QED) is 0.529. The van der Waals surface area contributed by atoms with E-state index in [4.69, 9.17) is 4.42 Å². The highest BCUT2D eigenvalue weighted by Crippen LogP contribution is 2.19. The Balaban J connectivity index is 1.55. The maximum atomic E-state index is 12.9. The van der Waals surface area contributed by atoms with Gasteiger partial charge < -0.3 is 15.1 Å². The minimum atomic E-state index is -0.792. The third-order valence-corrected chi connectivity index (χ3v) is 4.47. The molecule has 0 fully saturated rings. The highest BCUT2D eigenvalue weighted by molar-refractivity contribution is 6.01. The SMILES string of the molecule is O=C(NC(Cc1ccccc1)C(=O)Nc1ccccn1)c1cc2ccccc2o1. The number of nitrogens with zero attached hydrogens (tertiary/aromatic N) is 1. The van der Waals surface area contributed by atoms with Crippen LogP contribution in [0.5, 0.6) is 0 Å². The molecule has 2 amide bonds. The van der Waals surface area contributed by atoms with E-state index in [9.17, 15) is 9.59 Å². The monoisotopic (exact) mass is 385 g/mol. The number of para-hydroxylation sites is 1. The van der Waals surface area contributed by atoms with E-state index >= 15 is 0 Å². The van der Waals surface area contributed by atoms with Crippen LogP contribution in [-0.4, -0.2) is 22.8 Å². The molecule has 0 spiro atoms. The van der Waals surface area contributed by atoms with Crippen LogP contribution >= 0.6 is 0 Å². The molecule has 29 heavy (non-hydrogen) atoms. The first kappa shape index (κ1) is 18.4. The molecule has 0 saturated heterocycles. The van der Waals surface area contributed by atoms with Crippen LogP contribution in [-0.2, 0) is 11.2 Å². The second-order valence-electron chi connectivity index (χ2n) is 6.57. The second kappa shape index (κ2) is 8.39. The number of anilines is 1. The van der Waals surface area contributed by atoms with Crippen LogP contribution in [0, 0.1) is 0 Å².